The molecule has 14 heavy (non-hydrogen) atoms. The van der Waals surface area contributed by atoms with Crippen LogP contribution in [0.1, 0.15) is 19.5 Å². The Morgan fingerprint density at radius 3 is 2.43 bits per heavy atom. The summed E-state index contributed by atoms with van der Waals surface area (Å²) in [7, 11) is 0. The van der Waals surface area contributed by atoms with Gasteiger partial charge in [0.2, 0.25) is 0 Å². The summed E-state index contributed by atoms with van der Waals surface area (Å²) in [6, 6.07) is 0.850. The van der Waals surface area contributed by atoms with Crippen LogP contribution >= 0.6 is 0 Å². The zero-order valence-electron chi connectivity index (χ0n) is 7.97. The molecule has 0 aliphatic carbocycles. The van der Waals surface area contributed by atoms with Crippen molar-refractivity contribution in [2.45, 2.75) is 26.6 Å². The smallest absolute Gasteiger partial charge is 0.384 e. The van der Waals surface area contributed by atoms with Crippen LogP contribution in [0.4, 0.5) is 19.0 Å². The van der Waals surface area contributed by atoms with Crippen molar-refractivity contribution in [2.24, 2.45) is 5.92 Å². The highest BCUT2D eigenvalue weighted by Gasteiger charge is 2.34. The van der Waals surface area contributed by atoms with Crippen molar-refractivity contribution in [2.75, 3.05) is 5.73 Å². The number of rotatable bonds is 2. The monoisotopic (exact) mass is 207 g/mol. The van der Waals surface area contributed by atoms with Gasteiger partial charge >= 0.3 is 6.18 Å². The molecule has 1 aromatic rings. The first-order valence-corrected chi connectivity index (χ1v) is 4.21. The second-order valence-corrected chi connectivity index (χ2v) is 3.53. The number of anilines is 1. The lowest BCUT2D eigenvalue weighted by Crippen LogP contribution is -2.11. The molecular formula is C8H12F3N3. The minimum Gasteiger partial charge on any atom is -0.384 e. The van der Waals surface area contributed by atoms with Gasteiger partial charge in [0.05, 0.1) is 0 Å². The van der Waals surface area contributed by atoms with Crippen molar-refractivity contribution >= 4 is 5.82 Å². The molecule has 1 heterocycles. The summed E-state index contributed by atoms with van der Waals surface area (Å²) < 4.78 is 37.7. The number of nitrogens with two attached hydrogens (primary N) is 1. The van der Waals surface area contributed by atoms with Crippen molar-refractivity contribution in [3.8, 4) is 0 Å². The van der Waals surface area contributed by atoms with E-state index < -0.39 is 11.9 Å². The van der Waals surface area contributed by atoms with Crippen molar-refractivity contribution in [1.82, 2.24) is 9.78 Å². The van der Waals surface area contributed by atoms with Crippen LogP contribution in [0.3, 0.4) is 0 Å². The van der Waals surface area contributed by atoms with Crippen LogP contribution < -0.4 is 5.73 Å². The van der Waals surface area contributed by atoms with E-state index in [4.69, 9.17) is 5.73 Å². The average Bonchev–Trinajstić information content (AvgIpc) is 2.30. The summed E-state index contributed by atoms with van der Waals surface area (Å²) in [5.41, 5.74) is 4.45. The van der Waals surface area contributed by atoms with Gasteiger partial charge in [-0.3, -0.25) is 0 Å². The highest BCUT2D eigenvalue weighted by molar-refractivity contribution is 5.31. The highest BCUT2D eigenvalue weighted by atomic mass is 19.4. The standard InChI is InChI=1S/C8H12F3N3/c1-5(2)4-14-7(12)3-6(13-14)8(9,10)11/h3,5H,4,12H2,1-2H3. The molecule has 3 nitrogen and oxygen atoms in total. The van der Waals surface area contributed by atoms with Crippen LogP contribution in [0.2, 0.25) is 0 Å². The van der Waals surface area contributed by atoms with Gasteiger partial charge in [-0.2, -0.15) is 18.3 Å². The van der Waals surface area contributed by atoms with Gasteiger partial charge in [-0.05, 0) is 5.92 Å². The first-order chi connectivity index (χ1) is 6.30. The zero-order valence-corrected chi connectivity index (χ0v) is 7.97. The molecule has 0 amide bonds. The second kappa shape index (κ2) is 3.51. The van der Waals surface area contributed by atoms with Crippen molar-refractivity contribution in [3.63, 3.8) is 0 Å². The van der Waals surface area contributed by atoms with E-state index in [0.29, 0.717) is 6.54 Å². The number of alkyl halides is 3. The predicted octanol–water partition coefficient (Wildman–Crippen LogP) is 2.14. The van der Waals surface area contributed by atoms with Gasteiger partial charge in [0.15, 0.2) is 5.69 Å². The van der Waals surface area contributed by atoms with E-state index >= 15 is 0 Å². The lowest BCUT2D eigenvalue weighted by atomic mass is 10.2. The van der Waals surface area contributed by atoms with Gasteiger partial charge in [0.25, 0.3) is 0 Å². The zero-order chi connectivity index (χ0) is 10.9. The normalized spacial score (nSPS) is 12.4. The Morgan fingerprint density at radius 1 is 1.50 bits per heavy atom. The number of aromatic nitrogens is 2. The highest BCUT2D eigenvalue weighted by Crippen LogP contribution is 2.29. The third-order valence-corrected chi connectivity index (χ3v) is 1.64. The number of halogens is 3. The fourth-order valence-corrected chi connectivity index (χ4v) is 1.06. The topological polar surface area (TPSA) is 43.8 Å². The van der Waals surface area contributed by atoms with Crippen LogP contribution in [-0.4, -0.2) is 9.78 Å². The van der Waals surface area contributed by atoms with Gasteiger partial charge in [-0.15, -0.1) is 0 Å². The molecule has 1 rings (SSSR count). The molecule has 0 saturated carbocycles. The molecule has 2 N–H and O–H groups in total. The second-order valence-electron chi connectivity index (χ2n) is 3.53. The van der Waals surface area contributed by atoms with Crippen molar-refractivity contribution in [1.29, 1.82) is 0 Å². The van der Waals surface area contributed by atoms with Crippen LogP contribution in [-0.2, 0) is 12.7 Å². The molecule has 0 saturated heterocycles. The average molecular weight is 207 g/mol. The van der Waals surface area contributed by atoms with Gasteiger partial charge < -0.3 is 5.73 Å². The molecule has 0 bridgehead atoms. The lowest BCUT2D eigenvalue weighted by Gasteiger charge is -2.06. The van der Waals surface area contributed by atoms with E-state index in [2.05, 4.69) is 5.10 Å². The molecule has 0 unspecified atom stereocenters. The summed E-state index contributed by atoms with van der Waals surface area (Å²) in [5.74, 6) is 0.254. The first kappa shape index (κ1) is 10.9. The Hall–Kier alpha value is -1.20. The quantitative estimate of drug-likeness (QED) is 0.807. The molecule has 0 aliphatic heterocycles. The van der Waals surface area contributed by atoms with Gasteiger partial charge in [0, 0.05) is 12.6 Å². The Balaban J connectivity index is 2.94. The number of hydrogen-bond donors (Lipinski definition) is 1. The summed E-state index contributed by atoms with van der Waals surface area (Å²) in [5, 5.41) is 3.39. The minimum atomic E-state index is -4.42. The fourth-order valence-electron chi connectivity index (χ4n) is 1.06. The number of hydrogen-bond acceptors (Lipinski definition) is 2. The SMILES string of the molecule is CC(C)Cn1nc(C(F)(F)F)cc1N. The first-order valence-electron chi connectivity index (χ1n) is 4.21. The number of nitrogen functional groups attached to an aromatic ring is 1. The molecule has 1 aromatic heterocycles. The van der Waals surface area contributed by atoms with Gasteiger partial charge in [0.1, 0.15) is 5.82 Å². The summed E-state index contributed by atoms with van der Waals surface area (Å²) in [6.45, 7) is 4.16. The van der Waals surface area contributed by atoms with E-state index in [-0.39, 0.29) is 11.7 Å². The van der Waals surface area contributed by atoms with Crippen LogP contribution in [0.25, 0.3) is 0 Å². The lowest BCUT2D eigenvalue weighted by molar-refractivity contribution is -0.141. The van der Waals surface area contributed by atoms with Crippen molar-refractivity contribution < 1.29 is 13.2 Å². The van der Waals surface area contributed by atoms with E-state index in [9.17, 15) is 13.2 Å². The summed E-state index contributed by atoms with van der Waals surface area (Å²) >= 11 is 0. The minimum absolute atomic E-state index is 0.0472. The van der Waals surface area contributed by atoms with Gasteiger partial charge in [-0.1, -0.05) is 13.8 Å². The molecule has 0 aliphatic rings. The molecule has 0 atom stereocenters. The Morgan fingerprint density at radius 2 is 2.07 bits per heavy atom. The Bertz CT molecular complexity index is 314. The predicted molar refractivity (Wildman–Crippen MR) is 46.5 cm³/mol. The maximum Gasteiger partial charge on any atom is 0.435 e. The Labute approximate surface area is 79.7 Å². The van der Waals surface area contributed by atoms with Crippen molar-refractivity contribution in [3.05, 3.63) is 11.8 Å². The van der Waals surface area contributed by atoms with E-state index in [1.54, 1.807) is 0 Å². The third kappa shape index (κ3) is 2.40. The number of nitrogens with zero attached hydrogens (tertiary/aromatic N) is 2. The molecule has 0 fully saturated rings. The maximum absolute atomic E-state index is 12.2. The van der Waals surface area contributed by atoms with Crippen LogP contribution in [0.15, 0.2) is 6.07 Å². The van der Waals surface area contributed by atoms with Crippen LogP contribution in [0.5, 0.6) is 0 Å². The summed E-state index contributed by atoms with van der Waals surface area (Å²) in [4.78, 5) is 0. The molecular weight excluding hydrogens is 195 g/mol. The molecule has 6 heteroatoms. The summed E-state index contributed by atoms with van der Waals surface area (Å²) in [6.07, 6.45) is -4.42. The molecule has 0 spiro atoms. The van der Waals surface area contributed by atoms with E-state index in [1.165, 1.54) is 4.68 Å². The fraction of sp³-hybridized carbons (Fsp3) is 0.625. The molecule has 0 radical (unpaired) electrons. The van der Waals surface area contributed by atoms with E-state index in [0.717, 1.165) is 6.07 Å². The largest absolute Gasteiger partial charge is 0.435 e. The van der Waals surface area contributed by atoms with Gasteiger partial charge in [-0.25, -0.2) is 4.68 Å². The molecule has 0 aromatic carbocycles. The van der Waals surface area contributed by atoms with E-state index in [1.807, 2.05) is 13.8 Å². The van der Waals surface area contributed by atoms with Crippen LogP contribution in [0, 0.1) is 5.92 Å². The maximum atomic E-state index is 12.2. The Kier molecular flexibility index (Phi) is 2.73. The third-order valence-electron chi connectivity index (χ3n) is 1.64. The molecule has 80 valence electrons.